The van der Waals surface area contributed by atoms with Gasteiger partial charge in [-0.05, 0) is 71.4 Å². The van der Waals surface area contributed by atoms with Gasteiger partial charge >= 0.3 is 0 Å². The average molecular weight is 547 g/mol. The molecule has 1 unspecified atom stereocenters. The van der Waals surface area contributed by atoms with Gasteiger partial charge in [-0.25, -0.2) is 19.9 Å². The summed E-state index contributed by atoms with van der Waals surface area (Å²) in [6.45, 7) is 16.6. The van der Waals surface area contributed by atoms with Crippen molar-refractivity contribution < 1.29 is 5.11 Å². The molecule has 206 valence electrons. The Hall–Kier alpha value is -3.13. The fraction of sp³-hybridized carbons (Fsp3) is 0.448. The Labute approximate surface area is 232 Å². The van der Waals surface area contributed by atoms with E-state index in [-0.39, 0.29) is 0 Å². The Balaban J connectivity index is 1.33. The van der Waals surface area contributed by atoms with Crippen molar-refractivity contribution in [3.8, 4) is 11.3 Å². The van der Waals surface area contributed by atoms with Gasteiger partial charge in [0.2, 0.25) is 5.95 Å². The van der Waals surface area contributed by atoms with E-state index >= 15 is 0 Å². The quantitative estimate of drug-likeness (QED) is 0.333. The van der Waals surface area contributed by atoms with E-state index in [4.69, 9.17) is 9.97 Å². The number of β-amino-alcohol motifs (C(OH)–C–C–N with tert-alkyl or cyclic N) is 1. The first-order valence-corrected chi connectivity index (χ1v) is 14.1. The van der Waals surface area contributed by atoms with E-state index in [0.29, 0.717) is 24.4 Å². The van der Waals surface area contributed by atoms with Crippen LogP contribution in [0.4, 0.5) is 17.5 Å². The summed E-state index contributed by atoms with van der Waals surface area (Å²) in [5.74, 6) is 2.21. The van der Waals surface area contributed by atoms with Crippen LogP contribution in [0.15, 0.2) is 36.7 Å². The van der Waals surface area contributed by atoms with Gasteiger partial charge in [0.05, 0.1) is 34.2 Å². The number of nitrogens with one attached hydrogen (secondary N) is 1. The molecule has 0 amide bonds. The largest absolute Gasteiger partial charge is 0.389 e. The number of nitrogens with zero attached hydrogens (tertiary/aromatic N) is 7. The van der Waals surface area contributed by atoms with Crippen LogP contribution >= 0.6 is 9.24 Å². The summed E-state index contributed by atoms with van der Waals surface area (Å²) in [6.07, 6.45) is 3.72. The molecule has 0 saturated carbocycles. The smallest absolute Gasteiger partial charge is 0.228 e. The van der Waals surface area contributed by atoms with Crippen molar-refractivity contribution >= 4 is 43.0 Å². The highest BCUT2D eigenvalue weighted by Gasteiger charge is 2.23. The molecule has 2 N–H and O–H groups in total. The molecule has 1 aliphatic rings. The predicted octanol–water partition coefficient (Wildman–Crippen LogP) is 4.22. The number of imidazole rings is 1. The van der Waals surface area contributed by atoms with E-state index in [9.17, 15) is 5.11 Å². The van der Waals surface area contributed by atoms with Crippen LogP contribution in [0.25, 0.3) is 22.3 Å². The van der Waals surface area contributed by atoms with Gasteiger partial charge < -0.3 is 19.9 Å². The summed E-state index contributed by atoms with van der Waals surface area (Å²) in [4.78, 5) is 23.5. The SMILES string of the molecule is Cc1cc(-c2nc(Nc3ccc(N4CCN(CC(C)(C)O)CC4)cn3)ncc2P)cc2c1nc(C)n2C(C)C. The first kappa shape index (κ1) is 27.4. The van der Waals surface area contributed by atoms with E-state index in [1.54, 1.807) is 0 Å². The van der Waals surface area contributed by atoms with Gasteiger partial charge in [0, 0.05) is 55.8 Å². The van der Waals surface area contributed by atoms with Crippen LogP contribution in [0.1, 0.15) is 45.1 Å². The minimum Gasteiger partial charge on any atom is -0.389 e. The summed E-state index contributed by atoms with van der Waals surface area (Å²) in [5.41, 5.74) is 5.58. The highest BCUT2D eigenvalue weighted by Crippen LogP contribution is 2.30. The number of piperazine rings is 1. The van der Waals surface area contributed by atoms with Gasteiger partial charge in [0.1, 0.15) is 11.6 Å². The molecule has 39 heavy (non-hydrogen) atoms. The van der Waals surface area contributed by atoms with Gasteiger partial charge in [0.25, 0.3) is 0 Å². The Morgan fingerprint density at radius 2 is 1.77 bits per heavy atom. The van der Waals surface area contributed by atoms with Crippen LogP contribution in [-0.4, -0.2) is 72.8 Å². The van der Waals surface area contributed by atoms with Crippen molar-refractivity contribution in [2.24, 2.45) is 0 Å². The maximum Gasteiger partial charge on any atom is 0.228 e. The topological polar surface area (TPSA) is 95.2 Å². The molecule has 1 aliphatic heterocycles. The molecule has 1 saturated heterocycles. The van der Waals surface area contributed by atoms with E-state index in [0.717, 1.165) is 70.8 Å². The minimum absolute atomic E-state index is 0.313. The van der Waals surface area contributed by atoms with Crippen molar-refractivity contribution in [3.05, 3.63) is 48.0 Å². The number of benzene rings is 1. The second-order valence-corrected chi connectivity index (χ2v) is 12.0. The fourth-order valence-corrected chi connectivity index (χ4v) is 5.73. The maximum absolute atomic E-state index is 10.1. The summed E-state index contributed by atoms with van der Waals surface area (Å²) >= 11 is 0. The Morgan fingerprint density at radius 1 is 1.03 bits per heavy atom. The summed E-state index contributed by atoms with van der Waals surface area (Å²) < 4.78 is 2.27. The third kappa shape index (κ3) is 6.06. The van der Waals surface area contributed by atoms with Gasteiger partial charge in [0.15, 0.2) is 0 Å². The van der Waals surface area contributed by atoms with Crippen LogP contribution in [-0.2, 0) is 0 Å². The summed E-state index contributed by atoms with van der Waals surface area (Å²) in [7, 11) is 2.76. The molecule has 1 atom stereocenters. The second-order valence-electron chi connectivity index (χ2n) is 11.4. The standard InChI is InChI=1S/C29H39N8OP/c1-18(2)37-20(4)32-26-19(3)13-21(14-23(26)37)27-24(39)16-31-28(34-27)33-25-8-7-22(15-30-25)36-11-9-35(10-12-36)17-29(5,6)38/h7-8,13-16,18,38H,9-12,17,39H2,1-6H3,(H,30,31,33,34). The molecule has 0 aliphatic carbocycles. The first-order chi connectivity index (χ1) is 18.5. The molecule has 0 bridgehead atoms. The number of rotatable bonds is 7. The molecule has 3 aromatic heterocycles. The first-order valence-electron chi connectivity index (χ1n) is 13.5. The second kappa shape index (κ2) is 10.8. The number of hydrogen-bond donors (Lipinski definition) is 2. The van der Waals surface area contributed by atoms with Crippen LogP contribution in [0.5, 0.6) is 0 Å². The third-order valence-electron chi connectivity index (χ3n) is 7.10. The van der Waals surface area contributed by atoms with Crippen LogP contribution in [0.2, 0.25) is 0 Å². The molecule has 0 radical (unpaired) electrons. The molecule has 0 spiro atoms. The normalized spacial score (nSPS) is 14.9. The zero-order valence-corrected chi connectivity index (χ0v) is 24.9. The van der Waals surface area contributed by atoms with E-state index < -0.39 is 5.60 Å². The van der Waals surface area contributed by atoms with Crippen LogP contribution in [0, 0.1) is 13.8 Å². The highest BCUT2D eigenvalue weighted by atomic mass is 31.0. The van der Waals surface area contributed by atoms with Crippen LogP contribution < -0.4 is 15.5 Å². The fourth-order valence-electron chi connectivity index (χ4n) is 5.42. The lowest BCUT2D eigenvalue weighted by Gasteiger charge is -2.38. The lowest BCUT2D eigenvalue weighted by atomic mass is 10.1. The molecule has 9 nitrogen and oxygen atoms in total. The number of pyridine rings is 1. The lowest BCUT2D eigenvalue weighted by Crippen LogP contribution is -2.50. The number of aryl methyl sites for hydroxylation is 2. The zero-order chi connectivity index (χ0) is 27.9. The van der Waals surface area contributed by atoms with Gasteiger partial charge in [-0.1, -0.05) is 0 Å². The van der Waals surface area contributed by atoms with Crippen molar-refractivity contribution in [2.75, 3.05) is 42.9 Å². The van der Waals surface area contributed by atoms with Crippen molar-refractivity contribution in [3.63, 3.8) is 0 Å². The van der Waals surface area contributed by atoms with Crippen LogP contribution in [0.3, 0.4) is 0 Å². The average Bonchev–Trinajstić information content (AvgIpc) is 3.22. The number of aromatic nitrogens is 5. The van der Waals surface area contributed by atoms with E-state index in [1.807, 2.05) is 32.3 Å². The number of hydrogen-bond acceptors (Lipinski definition) is 8. The van der Waals surface area contributed by atoms with Crippen molar-refractivity contribution in [1.82, 2.24) is 29.4 Å². The van der Waals surface area contributed by atoms with Crippen molar-refractivity contribution in [2.45, 2.75) is 53.2 Å². The number of anilines is 3. The lowest BCUT2D eigenvalue weighted by molar-refractivity contribution is 0.0345. The zero-order valence-electron chi connectivity index (χ0n) is 23.7. The van der Waals surface area contributed by atoms with E-state index in [2.05, 4.69) is 84.8 Å². The van der Waals surface area contributed by atoms with Gasteiger partial charge in [-0.3, -0.25) is 4.90 Å². The molecule has 4 aromatic rings. The molecule has 10 heteroatoms. The Kier molecular flexibility index (Phi) is 7.60. The third-order valence-corrected chi connectivity index (χ3v) is 7.53. The molecule has 1 aromatic carbocycles. The Morgan fingerprint density at radius 3 is 2.41 bits per heavy atom. The molecular formula is C29H39N8OP. The molecule has 5 rings (SSSR count). The highest BCUT2D eigenvalue weighted by molar-refractivity contribution is 7.27. The maximum atomic E-state index is 10.1. The molecule has 4 heterocycles. The Bertz CT molecular complexity index is 1470. The van der Waals surface area contributed by atoms with Crippen molar-refractivity contribution in [1.29, 1.82) is 0 Å². The number of aliphatic hydroxyl groups is 1. The number of fused-ring (bicyclic) bond motifs is 1. The minimum atomic E-state index is -0.672. The summed E-state index contributed by atoms with van der Waals surface area (Å²) in [6, 6.07) is 8.69. The monoisotopic (exact) mass is 546 g/mol. The summed E-state index contributed by atoms with van der Waals surface area (Å²) in [5, 5.41) is 14.3. The molecular weight excluding hydrogens is 507 g/mol. The van der Waals surface area contributed by atoms with Gasteiger partial charge in [-0.15, -0.1) is 9.24 Å². The molecule has 1 fully saturated rings. The predicted molar refractivity (Wildman–Crippen MR) is 162 cm³/mol. The van der Waals surface area contributed by atoms with Gasteiger partial charge in [-0.2, -0.15) is 0 Å². The van der Waals surface area contributed by atoms with E-state index in [1.165, 1.54) is 0 Å².